The van der Waals surface area contributed by atoms with E-state index in [-0.39, 0.29) is 5.92 Å². The minimum absolute atomic E-state index is 0.238. The maximum absolute atomic E-state index is 6.10. The van der Waals surface area contributed by atoms with Gasteiger partial charge in [-0.2, -0.15) is 0 Å². The Bertz CT molecular complexity index is 447. The Morgan fingerprint density at radius 1 is 1.26 bits per heavy atom. The van der Waals surface area contributed by atoms with Crippen molar-refractivity contribution in [3.63, 3.8) is 0 Å². The highest BCUT2D eigenvalue weighted by Gasteiger charge is 2.23. The first-order valence-corrected chi connectivity index (χ1v) is 7.46. The number of hydrogen-bond acceptors (Lipinski definition) is 4. The first kappa shape index (κ1) is 14.4. The molecule has 106 valence electrons. The second-order valence-corrected chi connectivity index (χ2v) is 6.16. The summed E-state index contributed by atoms with van der Waals surface area (Å²) in [5.41, 5.74) is 6.46. The average molecular weight is 283 g/mol. The van der Waals surface area contributed by atoms with Gasteiger partial charge in [0.25, 0.3) is 0 Å². The van der Waals surface area contributed by atoms with Crippen molar-refractivity contribution in [2.75, 3.05) is 11.1 Å². The number of anilines is 2. The van der Waals surface area contributed by atoms with Crippen molar-refractivity contribution in [1.29, 1.82) is 0 Å². The van der Waals surface area contributed by atoms with Gasteiger partial charge >= 0.3 is 0 Å². The van der Waals surface area contributed by atoms with Crippen molar-refractivity contribution in [3.05, 3.63) is 11.0 Å². The lowest BCUT2D eigenvalue weighted by atomic mass is 9.86. The minimum atomic E-state index is 0.238. The van der Waals surface area contributed by atoms with E-state index in [4.69, 9.17) is 17.3 Å². The van der Waals surface area contributed by atoms with Gasteiger partial charge in [0.2, 0.25) is 0 Å². The Kier molecular flexibility index (Phi) is 4.50. The molecule has 0 amide bonds. The summed E-state index contributed by atoms with van der Waals surface area (Å²) in [5.74, 6) is 2.32. The summed E-state index contributed by atoms with van der Waals surface area (Å²) in [6, 6.07) is 0.432. The molecule has 2 rings (SSSR count). The third kappa shape index (κ3) is 3.30. The number of nitrogens with zero attached hydrogens (tertiary/aromatic N) is 2. The van der Waals surface area contributed by atoms with Crippen LogP contribution in [0.4, 0.5) is 11.5 Å². The minimum Gasteiger partial charge on any atom is -0.393 e. The average Bonchev–Trinajstić information content (AvgIpc) is 2.37. The normalized spacial score (nSPS) is 23.6. The van der Waals surface area contributed by atoms with Crippen molar-refractivity contribution < 1.29 is 0 Å². The SMILES string of the molecule is CC(C)c1nc(Cl)c(N)c(NC2CCCCC2C)n1. The van der Waals surface area contributed by atoms with Crippen LogP contribution in [0.1, 0.15) is 58.2 Å². The topological polar surface area (TPSA) is 63.8 Å². The van der Waals surface area contributed by atoms with Gasteiger partial charge in [0, 0.05) is 12.0 Å². The first-order valence-electron chi connectivity index (χ1n) is 7.08. The Morgan fingerprint density at radius 3 is 2.58 bits per heavy atom. The maximum atomic E-state index is 6.10. The van der Waals surface area contributed by atoms with Crippen LogP contribution in [0.5, 0.6) is 0 Å². The second-order valence-electron chi connectivity index (χ2n) is 5.80. The molecule has 0 aliphatic heterocycles. The molecular weight excluding hydrogens is 260 g/mol. The van der Waals surface area contributed by atoms with Crippen LogP contribution in [0, 0.1) is 5.92 Å². The monoisotopic (exact) mass is 282 g/mol. The number of nitrogen functional groups attached to an aromatic ring is 1. The van der Waals surface area contributed by atoms with Gasteiger partial charge in [0.15, 0.2) is 11.0 Å². The molecule has 0 bridgehead atoms. The van der Waals surface area contributed by atoms with Gasteiger partial charge in [-0.1, -0.05) is 45.2 Å². The smallest absolute Gasteiger partial charge is 0.157 e. The third-order valence-electron chi connectivity index (χ3n) is 3.87. The van der Waals surface area contributed by atoms with Gasteiger partial charge in [-0.05, 0) is 18.8 Å². The molecule has 0 aromatic carbocycles. The largest absolute Gasteiger partial charge is 0.393 e. The Hall–Kier alpha value is -1.03. The summed E-state index contributed by atoms with van der Waals surface area (Å²) in [4.78, 5) is 8.76. The lowest BCUT2D eigenvalue weighted by Crippen LogP contribution is -2.31. The molecule has 1 aliphatic carbocycles. The van der Waals surface area contributed by atoms with Gasteiger partial charge in [0.1, 0.15) is 11.5 Å². The van der Waals surface area contributed by atoms with Crippen LogP contribution >= 0.6 is 11.6 Å². The Balaban J connectivity index is 2.23. The maximum Gasteiger partial charge on any atom is 0.157 e. The molecule has 1 aromatic heterocycles. The van der Waals surface area contributed by atoms with Crippen molar-refractivity contribution in [2.45, 2.75) is 58.4 Å². The van der Waals surface area contributed by atoms with Crippen molar-refractivity contribution >= 4 is 23.1 Å². The van der Waals surface area contributed by atoms with Crippen LogP contribution in [0.25, 0.3) is 0 Å². The molecule has 1 saturated carbocycles. The van der Waals surface area contributed by atoms with Crippen molar-refractivity contribution in [3.8, 4) is 0 Å². The summed E-state index contributed by atoms with van der Waals surface area (Å²) < 4.78 is 0. The molecule has 3 N–H and O–H groups in total. The highest BCUT2D eigenvalue weighted by atomic mass is 35.5. The highest BCUT2D eigenvalue weighted by molar-refractivity contribution is 6.32. The molecule has 2 atom stereocenters. The molecule has 1 heterocycles. The summed E-state index contributed by atoms with van der Waals surface area (Å²) in [7, 11) is 0. The molecule has 0 spiro atoms. The molecule has 4 nitrogen and oxygen atoms in total. The number of halogens is 1. The zero-order chi connectivity index (χ0) is 14.0. The predicted octanol–water partition coefficient (Wildman–Crippen LogP) is 3.83. The van der Waals surface area contributed by atoms with Crippen LogP contribution in [0.3, 0.4) is 0 Å². The predicted molar refractivity (Wildman–Crippen MR) is 80.6 cm³/mol. The van der Waals surface area contributed by atoms with Gasteiger partial charge in [-0.3, -0.25) is 0 Å². The molecule has 0 radical (unpaired) electrons. The molecule has 1 fully saturated rings. The van der Waals surface area contributed by atoms with Crippen molar-refractivity contribution in [2.24, 2.45) is 5.92 Å². The summed E-state index contributed by atoms with van der Waals surface area (Å²) in [5, 5.41) is 3.83. The van der Waals surface area contributed by atoms with Gasteiger partial charge in [0.05, 0.1) is 0 Å². The van der Waals surface area contributed by atoms with E-state index in [1.165, 1.54) is 25.7 Å². The zero-order valence-electron chi connectivity index (χ0n) is 11.9. The Labute approximate surface area is 120 Å². The molecule has 2 unspecified atom stereocenters. The van der Waals surface area contributed by atoms with E-state index in [1.807, 2.05) is 0 Å². The summed E-state index contributed by atoms with van der Waals surface area (Å²) in [6.45, 7) is 6.38. The van der Waals surface area contributed by atoms with E-state index in [0.717, 1.165) is 5.82 Å². The fraction of sp³-hybridized carbons (Fsp3) is 0.714. The number of hydrogen-bond donors (Lipinski definition) is 2. The van der Waals surface area contributed by atoms with Crippen LogP contribution in [0.15, 0.2) is 0 Å². The molecule has 0 saturated heterocycles. The highest BCUT2D eigenvalue weighted by Crippen LogP contribution is 2.31. The molecule has 19 heavy (non-hydrogen) atoms. The number of nitrogens with one attached hydrogen (secondary N) is 1. The number of nitrogens with two attached hydrogens (primary N) is 1. The van der Waals surface area contributed by atoms with E-state index in [9.17, 15) is 0 Å². The van der Waals surface area contributed by atoms with E-state index in [1.54, 1.807) is 0 Å². The lowest BCUT2D eigenvalue weighted by Gasteiger charge is -2.30. The zero-order valence-corrected chi connectivity index (χ0v) is 12.7. The van der Waals surface area contributed by atoms with E-state index < -0.39 is 0 Å². The molecular formula is C14H23ClN4. The molecule has 1 aliphatic rings. The second kappa shape index (κ2) is 5.95. The first-order chi connectivity index (χ1) is 8.99. The van der Waals surface area contributed by atoms with Gasteiger partial charge in [-0.25, -0.2) is 9.97 Å². The van der Waals surface area contributed by atoms with Gasteiger partial charge < -0.3 is 11.1 Å². The van der Waals surface area contributed by atoms with Crippen LogP contribution in [-0.4, -0.2) is 16.0 Å². The lowest BCUT2D eigenvalue weighted by molar-refractivity contribution is 0.349. The Morgan fingerprint density at radius 2 is 1.95 bits per heavy atom. The van der Waals surface area contributed by atoms with Crippen molar-refractivity contribution in [1.82, 2.24) is 9.97 Å². The summed E-state index contributed by atoms with van der Waals surface area (Å²) in [6.07, 6.45) is 5.00. The van der Waals surface area contributed by atoms with E-state index in [2.05, 4.69) is 36.1 Å². The van der Waals surface area contributed by atoms with Crippen LogP contribution < -0.4 is 11.1 Å². The quantitative estimate of drug-likeness (QED) is 0.827. The number of rotatable bonds is 3. The van der Waals surface area contributed by atoms with E-state index >= 15 is 0 Å². The fourth-order valence-electron chi connectivity index (χ4n) is 2.53. The fourth-order valence-corrected chi connectivity index (χ4v) is 2.71. The summed E-state index contributed by atoms with van der Waals surface area (Å²) >= 11 is 6.10. The van der Waals surface area contributed by atoms with Crippen LogP contribution in [0.2, 0.25) is 5.15 Å². The molecule has 1 aromatic rings. The third-order valence-corrected chi connectivity index (χ3v) is 4.15. The number of aromatic nitrogens is 2. The standard InChI is InChI=1S/C14H23ClN4/c1-8(2)13-18-12(15)11(16)14(19-13)17-10-7-5-4-6-9(10)3/h8-10H,4-7,16H2,1-3H3,(H,17,18,19). The van der Waals surface area contributed by atoms with E-state index in [0.29, 0.717) is 28.6 Å². The van der Waals surface area contributed by atoms with Crippen LogP contribution in [-0.2, 0) is 0 Å². The molecule has 5 heteroatoms. The van der Waals surface area contributed by atoms with Gasteiger partial charge in [-0.15, -0.1) is 0 Å².